The van der Waals surface area contributed by atoms with Crippen LogP contribution in [0.15, 0.2) is 0 Å². The van der Waals surface area contributed by atoms with E-state index in [-0.39, 0.29) is 25.4 Å². The first kappa shape index (κ1) is 8.93. The van der Waals surface area contributed by atoms with Crippen molar-refractivity contribution < 1.29 is 19.7 Å². The lowest BCUT2D eigenvalue weighted by Gasteiger charge is -2.31. The van der Waals surface area contributed by atoms with Gasteiger partial charge < -0.3 is 19.7 Å². The Labute approximate surface area is 65.7 Å². The molecule has 1 aliphatic rings. The fourth-order valence-corrected chi connectivity index (χ4v) is 1.17. The van der Waals surface area contributed by atoms with E-state index in [0.29, 0.717) is 6.42 Å². The molecule has 11 heavy (non-hydrogen) atoms. The van der Waals surface area contributed by atoms with Crippen LogP contribution in [0.1, 0.15) is 6.42 Å². The molecule has 0 saturated carbocycles. The van der Waals surface area contributed by atoms with Crippen molar-refractivity contribution >= 4 is 0 Å². The lowest BCUT2D eigenvalue weighted by Crippen LogP contribution is -2.39. The van der Waals surface area contributed by atoms with Crippen LogP contribution in [0.4, 0.5) is 0 Å². The van der Waals surface area contributed by atoms with E-state index in [4.69, 9.17) is 14.6 Å². The van der Waals surface area contributed by atoms with Crippen molar-refractivity contribution in [2.75, 3.05) is 20.3 Å². The Morgan fingerprint density at radius 3 is 2.91 bits per heavy atom. The summed E-state index contributed by atoms with van der Waals surface area (Å²) in [6, 6.07) is 0. The highest BCUT2D eigenvalue weighted by atomic mass is 16.7. The highest BCUT2D eigenvalue weighted by Crippen LogP contribution is 2.20. The maximum absolute atomic E-state index is 9.24. The summed E-state index contributed by atoms with van der Waals surface area (Å²) in [5.74, 6) is -0.103. The fourth-order valence-electron chi connectivity index (χ4n) is 1.17. The Morgan fingerprint density at radius 1 is 1.64 bits per heavy atom. The number of hydrogen-bond donors (Lipinski definition) is 2. The molecule has 1 aliphatic heterocycles. The Balaban J connectivity index is 2.37. The molecule has 0 aromatic carbocycles. The molecule has 2 N–H and O–H groups in total. The third-order valence-electron chi connectivity index (χ3n) is 1.99. The molecule has 1 saturated heterocycles. The summed E-state index contributed by atoms with van der Waals surface area (Å²) in [6.45, 7) is 0.244. The zero-order valence-electron chi connectivity index (χ0n) is 6.56. The monoisotopic (exact) mass is 162 g/mol. The van der Waals surface area contributed by atoms with E-state index in [9.17, 15) is 5.11 Å². The third kappa shape index (κ3) is 2.13. The molecule has 0 unspecified atom stereocenters. The third-order valence-corrected chi connectivity index (χ3v) is 1.99. The van der Waals surface area contributed by atoms with Crippen LogP contribution >= 0.6 is 0 Å². The molecule has 4 heteroatoms. The SMILES string of the molecule is CO[C@@H]1C[C@H](CO)[C@H](O)CO1. The van der Waals surface area contributed by atoms with Crippen LogP contribution in [0, 0.1) is 5.92 Å². The highest BCUT2D eigenvalue weighted by molar-refractivity contribution is 4.73. The lowest BCUT2D eigenvalue weighted by atomic mass is 9.98. The fraction of sp³-hybridized carbons (Fsp3) is 1.00. The van der Waals surface area contributed by atoms with Crippen LogP contribution in [-0.2, 0) is 9.47 Å². The van der Waals surface area contributed by atoms with Gasteiger partial charge in [-0.1, -0.05) is 0 Å². The summed E-state index contributed by atoms with van der Waals surface area (Å²) >= 11 is 0. The van der Waals surface area contributed by atoms with E-state index >= 15 is 0 Å². The Morgan fingerprint density at radius 2 is 2.36 bits per heavy atom. The predicted octanol–water partition coefficient (Wildman–Crippen LogP) is -0.651. The lowest BCUT2D eigenvalue weighted by molar-refractivity contribution is -0.195. The first-order valence-electron chi connectivity index (χ1n) is 3.71. The molecular formula is C7H14O4. The predicted molar refractivity (Wildman–Crippen MR) is 37.9 cm³/mol. The van der Waals surface area contributed by atoms with Crippen LogP contribution < -0.4 is 0 Å². The van der Waals surface area contributed by atoms with Crippen molar-refractivity contribution in [3.63, 3.8) is 0 Å². The summed E-state index contributed by atoms with van der Waals surface area (Å²) in [5.41, 5.74) is 0. The average Bonchev–Trinajstić information content (AvgIpc) is 2.05. The zero-order chi connectivity index (χ0) is 8.27. The molecule has 0 aliphatic carbocycles. The van der Waals surface area contributed by atoms with Gasteiger partial charge in [0.2, 0.25) is 0 Å². The number of hydrogen-bond acceptors (Lipinski definition) is 4. The van der Waals surface area contributed by atoms with Gasteiger partial charge in [-0.3, -0.25) is 0 Å². The molecule has 0 aromatic rings. The van der Waals surface area contributed by atoms with E-state index in [1.165, 1.54) is 0 Å². The number of aliphatic hydroxyl groups excluding tert-OH is 2. The Hall–Kier alpha value is -0.160. The van der Waals surface area contributed by atoms with Crippen molar-refractivity contribution in [3.05, 3.63) is 0 Å². The Kier molecular flexibility index (Phi) is 3.26. The van der Waals surface area contributed by atoms with Crippen LogP contribution in [0.5, 0.6) is 0 Å². The van der Waals surface area contributed by atoms with E-state index in [0.717, 1.165) is 0 Å². The van der Waals surface area contributed by atoms with Gasteiger partial charge in [-0.25, -0.2) is 0 Å². The first-order valence-corrected chi connectivity index (χ1v) is 3.71. The molecule has 66 valence electrons. The molecule has 0 aromatic heterocycles. The maximum atomic E-state index is 9.24. The summed E-state index contributed by atoms with van der Waals surface area (Å²) in [6.07, 6.45) is -0.254. The van der Waals surface area contributed by atoms with Gasteiger partial charge in [0.1, 0.15) is 0 Å². The Bertz CT molecular complexity index is 117. The van der Waals surface area contributed by atoms with E-state index in [1.54, 1.807) is 7.11 Å². The second-order valence-corrected chi connectivity index (χ2v) is 2.74. The van der Waals surface area contributed by atoms with Gasteiger partial charge in [-0.15, -0.1) is 0 Å². The maximum Gasteiger partial charge on any atom is 0.157 e. The highest BCUT2D eigenvalue weighted by Gasteiger charge is 2.28. The largest absolute Gasteiger partial charge is 0.396 e. The van der Waals surface area contributed by atoms with E-state index in [2.05, 4.69) is 0 Å². The van der Waals surface area contributed by atoms with Gasteiger partial charge in [0, 0.05) is 26.1 Å². The van der Waals surface area contributed by atoms with Crippen LogP contribution in [0.25, 0.3) is 0 Å². The van der Waals surface area contributed by atoms with Crippen molar-refractivity contribution in [1.29, 1.82) is 0 Å². The quantitative estimate of drug-likeness (QED) is 0.566. The van der Waals surface area contributed by atoms with Gasteiger partial charge in [0.05, 0.1) is 12.7 Å². The summed E-state index contributed by atoms with van der Waals surface area (Å²) in [5, 5.41) is 18.0. The first-order chi connectivity index (χ1) is 5.27. The molecule has 1 rings (SSSR count). The average molecular weight is 162 g/mol. The normalized spacial score (nSPS) is 39.0. The number of rotatable bonds is 2. The molecule has 0 spiro atoms. The van der Waals surface area contributed by atoms with Gasteiger partial charge in [-0.05, 0) is 0 Å². The van der Waals surface area contributed by atoms with Gasteiger partial charge in [0.15, 0.2) is 6.29 Å². The molecule has 0 radical (unpaired) electrons. The van der Waals surface area contributed by atoms with Crippen LogP contribution in [0.2, 0.25) is 0 Å². The topological polar surface area (TPSA) is 58.9 Å². The van der Waals surface area contributed by atoms with Crippen molar-refractivity contribution in [3.8, 4) is 0 Å². The van der Waals surface area contributed by atoms with Crippen molar-refractivity contribution in [2.45, 2.75) is 18.8 Å². The molecule has 1 heterocycles. The van der Waals surface area contributed by atoms with E-state index < -0.39 is 6.10 Å². The van der Waals surface area contributed by atoms with Crippen LogP contribution in [0.3, 0.4) is 0 Å². The molecule has 1 fully saturated rings. The number of ether oxygens (including phenoxy) is 2. The van der Waals surface area contributed by atoms with Gasteiger partial charge >= 0.3 is 0 Å². The van der Waals surface area contributed by atoms with Crippen molar-refractivity contribution in [1.82, 2.24) is 0 Å². The van der Waals surface area contributed by atoms with E-state index in [1.807, 2.05) is 0 Å². The van der Waals surface area contributed by atoms with Crippen LogP contribution in [-0.4, -0.2) is 42.9 Å². The minimum absolute atomic E-state index is 0.00954. The molecule has 4 nitrogen and oxygen atoms in total. The molecule has 0 amide bonds. The summed E-state index contributed by atoms with van der Waals surface area (Å²) in [7, 11) is 1.55. The summed E-state index contributed by atoms with van der Waals surface area (Å²) in [4.78, 5) is 0. The second-order valence-electron chi connectivity index (χ2n) is 2.74. The minimum Gasteiger partial charge on any atom is -0.396 e. The molecule has 0 bridgehead atoms. The molecule has 3 atom stereocenters. The standard InChI is InChI=1S/C7H14O4/c1-10-7-2-5(3-8)6(9)4-11-7/h5-9H,2-4H2,1H3/t5-,6-,7+/m1/s1. The molecular weight excluding hydrogens is 148 g/mol. The zero-order valence-corrected chi connectivity index (χ0v) is 6.56. The second kappa shape index (κ2) is 4.01. The smallest absolute Gasteiger partial charge is 0.157 e. The minimum atomic E-state index is -0.550. The summed E-state index contributed by atoms with van der Waals surface area (Å²) < 4.78 is 10.0. The number of aliphatic hydroxyl groups is 2. The van der Waals surface area contributed by atoms with Crippen molar-refractivity contribution in [2.24, 2.45) is 5.92 Å². The van der Waals surface area contributed by atoms with Gasteiger partial charge in [0.25, 0.3) is 0 Å². The number of methoxy groups -OCH3 is 1. The van der Waals surface area contributed by atoms with Gasteiger partial charge in [-0.2, -0.15) is 0 Å².